The summed E-state index contributed by atoms with van der Waals surface area (Å²) in [5.41, 5.74) is 0.941. The Kier molecular flexibility index (Phi) is 9.05. The van der Waals surface area contributed by atoms with Crippen molar-refractivity contribution in [3.63, 3.8) is 0 Å². The van der Waals surface area contributed by atoms with Crippen molar-refractivity contribution in [2.75, 3.05) is 26.2 Å². The molecule has 5 nitrogen and oxygen atoms in total. The van der Waals surface area contributed by atoms with E-state index in [0.29, 0.717) is 12.4 Å². The third-order valence-corrected chi connectivity index (χ3v) is 6.77. The molecule has 0 spiro atoms. The van der Waals surface area contributed by atoms with Gasteiger partial charge in [-0.25, -0.2) is 0 Å². The van der Waals surface area contributed by atoms with E-state index in [1.165, 1.54) is 0 Å². The predicted octanol–water partition coefficient (Wildman–Crippen LogP) is 7.30. The van der Waals surface area contributed by atoms with Gasteiger partial charge >= 0.3 is 0 Å². The predicted molar refractivity (Wildman–Crippen MR) is 142 cm³/mol. The number of thiophene rings is 1. The normalized spacial score (nSPS) is 10.9. The molecule has 0 unspecified atom stereocenters. The number of ether oxygens (including phenoxy) is 2. The third-order valence-electron chi connectivity index (χ3n) is 5.58. The van der Waals surface area contributed by atoms with E-state index in [1.807, 2.05) is 42.5 Å². The summed E-state index contributed by atoms with van der Waals surface area (Å²) in [6.45, 7) is 8.19. The molecule has 0 radical (unpaired) electrons. The van der Waals surface area contributed by atoms with Gasteiger partial charge in [-0.05, 0) is 91.8 Å². The molecule has 7 heteroatoms. The van der Waals surface area contributed by atoms with Gasteiger partial charge in [-0.15, -0.1) is 23.7 Å². The summed E-state index contributed by atoms with van der Waals surface area (Å²) in [5, 5.41) is 20.5. The first kappa shape index (κ1) is 25.7. The minimum atomic E-state index is 0. The van der Waals surface area contributed by atoms with E-state index in [1.54, 1.807) is 35.6 Å². The van der Waals surface area contributed by atoms with Crippen LogP contribution in [0.5, 0.6) is 28.7 Å². The van der Waals surface area contributed by atoms with Gasteiger partial charge in [-0.3, -0.25) is 0 Å². The number of nitrogens with zero attached hydrogens (tertiary/aromatic N) is 1. The van der Waals surface area contributed by atoms with Gasteiger partial charge in [0.2, 0.25) is 0 Å². The average Bonchev–Trinajstić information content (AvgIpc) is 3.18. The molecule has 0 bridgehead atoms. The number of hydrogen-bond donors (Lipinski definition) is 2. The number of phenols is 2. The number of fused-ring (bicyclic) bond motifs is 1. The largest absolute Gasteiger partial charge is 0.508 e. The monoisotopic (exact) mass is 499 g/mol. The highest BCUT2D eigenvalue weighted by Gasteiger charge is 2.17. The van der Waals surface area contributed by atoms with Crippen LogP contribution >= 0.6 is 23.7 Å². The molecule has 0 fully saturated rings. The number of hydrogen-bond acceptors (Lipinski definition) is 6. The lowest BCUT2D eigenvalue weighted by Crippen LogP contribution is -2.25. The van der Waals surface area contributed by atoms with Crippen molar-refractivity contribution in [2.24, 2.45) is 0 Å². The molecule has 0 atom stereocenters. The minimum Gasteiger partial charge on any atom is -0.508 e. The van der Waals surface area contributed by atoms with E-state index in [-0.39, 0.29) is 23.9 Å². The van der Waals surface area contributed by atoms with Crippen molar-refractivity contribution in [1.82, 2.24) is 4.90 Å². The Balaban J connectivity index is 0.00000324. The standard InChI is InChI=1S/C27H29NO4S.ClH/c1-3-28(4-2)16-5-17-31-22-11-13-23(14-12-22)32-26-24-15-10-21(30)18-25(24)33-27(26)19-6-8-20(29)9-7-19;/h6-15,18,29-30H,3-5,16-17H2,1-2H3;1H. The van der Waals surface area contributed by atoms with E-state index in [9.17, 15) is 10.2 Å². The molecule has 3 aromatic carbocycles. The van der Waals surface area contributed by atoms with Crippen molar-refractivity contribution in [1.29, 1.82) is 0 Å². The minimum absolute atomic E-state index is 0. The summed E-state index contributed by atoms with van der Waals surface area (Å²) in [4.78, 5) is 3.32. The van der Waals surface area contributed by atoms with Gasteiger partial charge in [0.1, 0.15) is 23.0 Å². The van der Waals surface area contributed by atoms with Crippen LogP contribution in [0.25, 0.3) is 20.5 Å². The van der Waals surface area contributed by atoms with E-state index < -0.39 is 0 Å². The number of rotatable bonds is 10. The Bertz CT molecular complexity index is 1190. The lowest BCUT2D eigenvalue weighted by Gasteiger charge is -2.17. The molecular formula is C27H30ClNO4S. The summed E-state index contributed by atoms with van der Waals surface area (Å²) < 4.78 is 13.2. The second-order valence-electron chi connectivity index (χ2n) is 7.79. The van der Waals surface area contributed by atoms with Crippen LogP contribution in [-0.2, 0) is 0 Å². The van der Waals surface area contributed by atoms with E-state index in [4.69, 9.17) is 9.47 Å². The molecule has 1 heterocycles. The Morgan fingerprint density at radius 3 is 2.15 bits per heavy atom. The van der Waals surface area contributed by atoms with Crippen molar-refractivity contribution in [3.8, 4) is 39.2 Å². The summed E-state index contributed by atoms with van der Waals surface area (Å²) in [5.74, 6) is 2.69. The molecule has 0 aliphatic heterocycles. The lowest BCUT2D eigenvalue weighted by molar-refractivity contribution is 0.249. The molecule has 0 aliphatic rings. The highest BCUT2D eigenvalue weighted by Crippen LogP contribution is 2.47. The van der Waals surface area contributed by atoms with Crippen LogP contribution in [0, 0.1) is 0 Å². The smallest absolute Gasteiger partial charge is 0.153 e. The average molecular weight is 500 g/mol. The SMILES string of the molecule is CCN(CC)CCCOc1ccc(Oc2c(-c3ccc(O)cc3)sc3cc(O)ccc23)cc1.Cl. The van der Waals surface area contributed by atoms with Gasteiger partial charge in [0.15, 0.2) is 5.75 Å². The van der Waals surface area contributed by atoms with Gasteiger partial charge in [-0.1, -0.05) is 13.8 Å². The molecular weight excluding hydrogens is 470 g/mol. The van der Waals surface area contributed by atoms with E-state index in [0.717, 1.165) is 58.1 Å². The highest BCUT2D eigenvalue weighted by atomic mass is 35.5. The van der Waals surface area contributed by atoms with Crippen LogP contribution in [0.4, 0.5) is 0 Å². The van der Waals surface area contributed by atoms with Crippen LogP contribution in [0.3, 0.4) is 0 Å². The molecule has 1 aromatic heterocycles. The molecule has 0 amide bonds. The zero-order valence-electron chi connectivity index (χ0n) is 19.4. The number of phenolic OH excluding ortho intramolecular Hbond substituents is 2. The molecule has 4 rings (SSSR count). The van der Waals surface area contributed by atoms with E-state index >= 15 is 0 Å². The van der Waals surface area contributed by atoms with Crippen LogP contribution in [0.15, 0.2) is 66.7 Å². The fourth-order valence-corrected chi connectivity index (χ4v) is 4.87. The molecule has 2 N–H and O–H groups in total. The number of benzene rings is 3. The van der Waals surface area contributed by atoms with Gasteiger partial charge in [0.05, 0.1) is 11.5 Å². The van der Waals surface area contributed by atoms with Gasteiger partial charge < -0.3 is 24.6 Å². The van der Waals surface area contributed by atoms with E-state index in [2.05, 4.69) is 18.7 Å². The second kappa shape index (κ2) is 12.0. The molecule has 0 aliphatic carbocycles. The summed E-state index contributed by atoms with van der Waals surface area (Å²) >= 11 is 1.54. The molecule has 4 aromatic rings. The fourth-order valence-electron chi connectivity index (χ4n) is 3.71. The van der Waals surface area contributed by atoms with Crippen molar-refractivity contribution in [2.45, 2.75) is 20.3 Å². The second-order valence-corrected chi connectivity index (χ2v) is 8.84. The molecule has 34 heavy (non-hydrogen) atoms. The maximum Gasteiger partial charge on any atom is 0.153 e. The summed E-state index contributed by atoms with van der Waals surface area (Å²) in [6, 6.07) is 20.0. The first-order valence-corrected chi connectivity index (χ1v) is 12.1. The fraction of sp³-hybridized carbons (Fsp3) is 0.259. The Morgan fingerprint density at radius 1 is 0.824 bits per heavy atom. The van der Waals surface area contributed by atoms with Crippen molar-refractivity contribution in [3.05, 3.63) is 66.7 Å². The van der Waals surface area contributed by atoms with Crippen molar-refractivity contribution < 1.29 is 19.7 Å². The zero-order valence-corrected chi connectivity index (χ0v) is 21.0. The summed E-state index contributed by atoms with van der Waals surface area (Å²) in [6.07, 6.45) is 0.990. The van der Waals surface area contributed by atoms with Crippen molar-refractivity contribution >= 4 is 33.8 Å². The first-order chi connectivity index (χ1) is 16.1. The zero-order chi connectivity index (χ0) is 23.2. The van der Waals surface area contributed by atoms with Crippen LogP contribution in [0.1, 0.15) is 20.3 Å². The third kappa shape index (κ3) is 6.14. The van der Waals surface area contributed by atoms with Gasteiger partial charge in [-0.2, -0.15) is 0 Å². The topological polar surface area (TPSA) is 62.2 Å². The molecule has 0 saturated heterocycles. The molecule has 0 saturated carbocycles. The van der Waals surface area contributed by atoms with Gasteiger partial charge in [0, 0.05) is 16.6 Å². The first-order valence-electron chi connectivity index (χ1n) is 11.3. The van der Waals surface area contributed by atoms with Crippen LogP contribution < -0.4 is 9.47 Å². The van der Waals surface area contributed by atoms with Gasteiger partial charge in [0.25, 0.3) is 0 Å². The van der Waals surface area contributed by atoms with Crippen LogP contribution in [-0.4, -0.2) is 41.4 Å². The maximum atomic E-state index is 9.92. The molecule has 180 valence electrons. The van der Waals surface area contributed by atoms with Crippen LogP contribution in [0.2, 0.25) is 0 Å². The maximum absolute atomic E-state index is 9.92. The lowest BCUT2D eigenvalue weighted by atomic mass is 10.1. The number of halogens is 1. The Labute approximate surface area is 210 Å². The number of aromatic hydroxyl groups is 2. The highest BCUT2D eigenvalue weighted by molar-refractivity contribution is 7.22. The Hall–Kier alpha value is -2.93. The summed E-state index contributed by atoms with van der Waals surface area (Å²) in [7, 11) is 0. The quantitative estimate of drug-likeness (QED) is 0.224. The Morgan fingerprint density at radius 2 is 1.47 bits per heavy atom.